The first-order chi connectivity index (χ1) is 9.90. The fourth-order valence-electron chi connectivity index (χ4n) is 2.79. The van der Waals surface area contributed by atoms with E-state index in [1.165, 1.54) is 0 Å². The van der Waals surface area contributed by atoms with Crippen molar-refractivity contribution in [3.63, 3.8) is 0 Å². The molecule has 0 saturated heterocycles. The van der Waals surface area contributed by atoms with Crippen LogP contribution in [-0.4, -0.2) is 29.4 Å². The lowest BCUT2D eigenvalue weighted by molar-refractivity contribution is -0.0222. The number of aliphatic hydroxyl groups is 1. The summed E-state index contributed by atoms with van der Waals surface area (Å²) in [5, 5.41) is 11.5. The molecule has 0 aliphatic carbocycles. The molecule has 2 heterocycles. The Kier molecular flexibility index (Phi) is 3.29. The smallest absolute Gasteiger partial charge is 0.142 e. The van der Waals surface area contributed by atoms with E-state index in [2.05, 4.69) is 4.98 Å². The normalized spacial score (nSPS) is 19.2. The lowest BCUT2D eigenvalue weighted by Gasteiger charge is -2.30. The Morgan fingerprint density at radius 1 is 1.38 bits per heavy atom. The summed E-state index contributed by atoms with van der Waals surface area (Å²) in [6.45, 7) is 6.05. The summed E-state index contributed by atoms with van der Waals surface area (Å²) >= 11 is 0. The van der Waals surface area contributed by atoms with Crippen LogP contribution >= 0.6 is 0 Å². The van der Waals surface area contributed by atoms with E-state index in [1.807, 2.05) is 39.0 Å². The molecular formula is C17H21NO3. The lowest BCUT2D eigenvalue weighted by Crippen LogP contribution is -2.40. The monoisotopic (exact) mass is 287 g/mol. The molecule has 0 bridgehead atoms. The molecule has 1 aliphatic heterocycles. The zero-order valence-corrected chi connectivity index (χ0v) is 12.9. The highest BCUT2D eigenvalue weighted by molar-refractivity contribution is 5.86. The zero-order valence-electron chi connectivity index (χ0n) is 12.9. The maximum absolute atomic E-state index is 10.5. The maximum atomic E-state index is 10.5. The zero-order chi connectivity index (χ0) is 15.2. The highest BCUT2D eigenvalue weighted by Crippen LogP contribution is 2.38. The standard InChI is InChI=1S/C17H21NO3/c1-17(2,3)16(19)14-8-12-11-7-10(20-4)5-6-13(11)18-9-15(12)21-14/h5-7,9,14,16,19H,8H2,1-4H3/t14-,16+/m0/s1. The van der Waals surface area contributed by atoms with Crippen molar-refractivity contribution < 1.29 is 14.6 Å². The van der Waals surface area contributed by atoms with Gasteiger partial charge in [-0.2, -0.15) is 0 Å². The van der Waals surface area contributed by atoms with Gasteiger partial charge in [0.25, 0.3) is 0 Å². The molecule has 0 radical (unpaired) electrons. The van der Waals surface area contributed by atoms with Crippen molar-refractivity contribution in [3.05, 3.63) is 30.0 Å². The number of fused-ring (bicyclic) bond motifs is 3. The van der Waals surface area contributed by atoms with Crippen molar-refractivity contribution >= 4 is 10.9 Å². The highest BCUT2D eigenvalue weighted by Gasteiger charge is 2.37. The van der Waals surface area contributed by atoms with Crippen molar-refractivity contribution in [2.45, 2.75) is 39.4 Å². The fraction of sp³-hybridized carbons (Fsp3) is 0.471. The molecule has 1 aliphatic rings. The second-order valence-electron chi connectivity index (χ2n) is 6.66. The number of methoxy groups -OCH3 is 1. The van der Waals surface area contributed by atoms with Crippen LogP contribution < -0.4 is 9.47 Å². The Hall–Kier alpha value is -1.81. The van der Waals surface area contributed by atoms with Crippen LogP contribution in [-0.2, 0) is 6.42 Å². The van der Waals surface area contributed by atoms with Crippen molar-refractivity contribution in [2.24, 2.45) is 5.41 Å². The molecule has 1 N–H and O–H groups in total. The Bertz CT molecular complexity index is 676. The molecule has 1 aromatic carbocycles. The number of hydrogen-bond donors (Lipinski definition) is 1. The molecule has 21 heavy (non-hydrogen) atoms. The van der Waals surface area contributed by atoms with Crippen LogP contribution in [0.3, 0.4) is 0 Å². The topological polar surface area (TPSA) is 51.6 Å². The molecule has 0 unspecified atom stereocenters. The van der Waals surface area contributed by atoms with Crippen molar-refractivity contribution in [3.8, 4) is 11.5 Å². The number of hydrogen-bond acceptors (Lipinski definition) is 4. The van der Waals surface area contributed by atoms with Gasteiger partial charge in [0.2, 0.25) is 0 Å². The van der Waals surface area contributed by atoms with Gasteiger partial charge in [-0.1, -0.05) is 20.8 Å². The van der Waals surface area contributed by atoms with E-state index in [4.69, 9.17) is 9.47 Å². The number of aromatic nitrogens is 1. The van der Waals surface area contributed by atoms with Gasteiger partial charge >= 0.3 is 0 Å². The molecule has 0 amide bonds. The first-order valence-corrected chi connectivity index (χ1v) is 7.20. The average molecular weight is 287 g/mol. The minimum atomic E-state index is -0.523. The predicted molar refractivity (Wildman–Crippen MR) is 81.9 cm³/mol. The van der Waals surface area contributed by atoms with E-state index in [-0.39, 0.29) is 11.5 Å². The Labute approximate surface area is 124 Å². The molecular weight excluding hydrogens is 266 g/mol. The van der Waals surface area contributed by atoms with Gasteiger partial charge in [0.15, 0.2) is 0 Å². The molecule has 3 rings (SSSR count). The van der Waals surface area contributed by atoms with Crippen LogP contribution in [0.5, 0.6) is 11.5 Å². The van der Waals surface area contributed by atoms with E-state index in [0.717, 1.165) is 28.0 Å². The first kappa shape index (κ1) is 14.1. The number of ether oxygens (including phenoxy) is 2. The van der Waals surface area contributed by atoms with E-state index in [1.54, 1.807) is 13.3 Å². The second kappa shape index (κ2) is 4.88. The summed E-state index contributed by atoms with van der Waals surface area (Å²) in [7, 11) is 1.65. The summed E-state index contributed by atoms with van der Waals surface area (Å²) in [5.41, 5.74) is 1.81. The summed E-state index contributed by atoms with van der Waals surface area (Å²) in [6.07, 6.45) is 1.70. The van der Waals surface area contributed by atoms with Crippen LogP contribution in [0.25, 0.3) is 10.9 Å². The Morgan fingerprint density at radius 2 is 2.14 bits per heavy atom. The SMILES string of the molecule is COc1ccc2ncc3c(c2c1)C[C@@H]([C@@H](O)C(C)(C)C)O3. The van der Waals surface area contributed by atoms with Gasteiger partial charge in [-0.05, 0) is 23.6 Å². The van der Waals surface area contributed by atoms with Gasteiger partial charge in [0, 0.05) is 17.4 Å². The summed E-state index contributed by atoms with van der Waals surface area (Å²) in [4.78, 5) is 4.42. The maximum Gasteiger partial charge on any atom is 0.142 e. The minimum Gasteiger partial charge on any atom is -0.497 e. The summed E-state index contributed by atoms with van der Waals surface area (Å²) in [5.74, 6) is 1.57. The van der Waals surface area contributed by atoms with E-state index < -0.39 is 6.10 Å². The van der Waals surface area contributed by atoms with Gasteiger partial charge in [-0.3, -0.25) is 4.98 Å². The van der Waals surface area contributed by atoms with E-state index in [9.17, 15) is 5.11 Å². The summed E-state index contributed by atoms with van der Waals surface area (Å²) < 4.78 is 11.2. The lowest BCUT2D eigenvalue weighted by atomic mass is 9.84. The number of aliphatic hydroxyl groups excluding tert-OH is 1. The summed E-state index contributed by atoms with van der Waals surface area (Å²) in [6, 6.07) is 5.83. The average Bonchev–Trinajstić information content (AvgIpc) is 2.89. The van der Waals surface area contributed by atoms with Crippen molar-refractivity contribution in [1.29, 1.82) is 0 Å². The van der Waals surface area contributed by atoms with Crippen LogP contribution in [0.2, 0.25) is 0 Å². The molecule has 2 aromatic rings. The largest absolute Gasteiger partial charge is 0.497 e. The second-order valence-corrected chi connectivity index (χ2v) is 6.66. The van der Waals surface area contributed by atoms with Gasteiger partial charge < -0.3 is 14.6 Å². The van der Waals surface area contributed by atoms with E-state index in [0.29, 0.717) is 6.42 Å². The Balaban J connectivity index is 2.01. The molecule has 0 spiro atoms. The van der Waals surface area contributed by atoms with Gasteiger partial charge in [-0.15, -0.1) is 0 Å². The molecule has 0 fully saturated rings. The van der Waals surface area contributed by atoms with Crippen LogP contribution in [0, 0.1) is 5.41 Å². The molecule has 2 atom stereocenters. The number of pyridine rings is 1. The van der Waals surface area contributed by atoms with Crippen LogP contribution in [0.1, 0.15) is 26.3 Å². The van der Waals surface area contributed by atoms with Crippen molar-refractivity contribution in [2.75, 3.05) is 7.11 Å². The molecule has 4 heteroatoms. The fourth-order valence-corrected chi connectivity index (χ4v) is 2.79. The highest BCUT2D eigenvalue weighted by atomic mass is 16.5. The molecule has 0 saturated carbocycles. The third kappa shape index (κ3) is 2.44. The van der Waals surface area contributed by atoms with Crippen LogP contribution in [0.15, 0.2) is 24.4 Å². The third-order valence-corrected chi connectivity index (χ3v) is 4.07. The van der Waals surface area contributed by atoms with Crippen molar-refractivity contribution in [1.82, 2.24) is 4.98 Å². The third-order valence-electron chi connectivity index (χ3n) is 4.07. The number of nitrogens with zero attached hydrogens (tertiary/aromatic N) is 1. The van der Waals surface area contributed by atoms with Gasteiger partial charge in [0.1, 0.15) is 17.6 Å². The first-order valence-electron chi connectivity index (χ1n) is 7.20. The predicted octanol–water partition coefficient (Wildman–Crippen LogP) is 2.95. The van der Waals surface area contributed by atoms with Crippen LogP contribution in [0.4, 0.5) is 0 Å². The quantitative estimate of drug-likeness (QED) is 0.922. The number of benzene rings is 1. The van der Waals surface area contributed by atoms with Gasteiger partial charge in [0.05, 0.1) is 24.9 Å². The molecule has 4 nitrogen and oxygen atoms in total. The number of rotatable bonds is 2. The van der Waals surface area contributed by atoms with E-state index >= 15 is 0 Å². The van der Waals surface area contributed by atoms with Gasteiger partial charge in [-0.25, -0.2) is 0 Å². The Morgan fingerprint density at radius 3 is 2.81 bits per heavy atom. The molecule has 1 aromatic heterocycles. The minimum absolute atomic E-state index is 0.215. The molecule has 112 valence electrons.